The summed E-state index contributed by atoms with van der Waals surface area (Å²) in [6.45, 7) is 2.29. The molecular formula is C28H42F2. The molecule has 0 spiro atoms. The molecule has 3 rings (SSSR count). The minimum absolute atomic E-state index is 0.716. The van der Waals surface area contributed by atoms with Crippen molar-refractivity contribution in [3.8, 4) is 0 Å². The third-order valence-corrected chi connectivity index (χ3v) is 7.73. The fourth-order valence-electron chi connectivity index (χ4n) is 5.58. The largest absolute Gasteiger partial charge is 0.204 e. The van der Waals surface area contributed by atoms with Gasteiger partial charge in [-0.05, 0) is 106 Å². The van der Waals surface area contributed by atoms with Crippen molar-refractivity contribution in [2.75, 3.05) is 0 Å². The number of unbranched alkanes of at least 4 members (excludes halogenated alkanes) is 3. The zero-order chi connectivity index (χ0) is 21.2. The van der Waals surface area contributed by atoms with E-state index < -0.39 is 11.6 Å². The van der Waals surface area contributed by atoms with Crippen LogP contribution in [-0.4, -0.2) is 0 Å². The molecule has 0 nitrogen and oxygen atoms in total. The maximum absolute atomic E-state index is 13.4. The molecule has 2 heteroatoms. The highest BCUT2D eigenvalue weighted by Gasteiger charge is 2.22. The van der Waals surface area contributed by atoms with Gasteiger partial charge in [0.1, 0.15) is 0 Å². The van der Waals surface area contributed by atoms with Gasteiger partial charge in [-0.1, -0.05) is 57.2 Å². The van der Waals surface area contributed by atoms with Gasteiger partial charge in [0.15, 0.2) is 11.6 Å². The van der Waals surface area contributed by atoms with Crippen molar-refractivity contribution in [3.05, 3.63) is 47.5 Å². The summed E-state index contributed by atoms with van der Waals surface area (Å²) < 4.78 is 26.4. The van der Waals surface area contributed by atoms with Gasteiger partial charge in [0, 0.05) is 0 Å². The molecule has 0 saturated heterocycles. The fraction of sp³-hybridized carbons (Fsp3) is 0.714. The summed E-state index contributed by atoms with van der Waals surface area (Å²) >= 11 is 0. The molecule has 2 fully saturated rings. The predicted molar refractivity (Wildman–Crippen MR) is 123 cm³/mol. The van der Waals surface area contributed by atoms with Gasteiger partial charge in [0.25, 0.3) is 0 Å². The van der Waals surface area contributed by atoms with E-state index in [1.165, 1.54) is 95.6 Å². The van der Waals surface area contributed by atoms with Crippen LogP contribution >= 0.6 is 0 Å². The standard InChI is InChI=1S/C28H42F2/c1-2-3-4-5-6-22-7-9-23(10-8-22)11-12-24-13-15-25(16-14-24)17-18-26-19-20-27(29)28(30)21-26/h11-12,19-25H,2-10,13-18H2,1H3. The van der Waals surface area contributed by atoms with Crippen molar-refractivity contribution in [3.63, 3.8) is 0 Å². The summed E-state index contributed by atoms with van der Waals surface area (Å²) in [5.74, 6) is 1.86. The van der Waals surface area contributed by atoms with Crippen LogP contribution in [0.4, 0.5) is 8.78 Å². The molecule has 0 aromatic heterocycles. The molecule has 1 aromatic carbocycles. The third kappa shape index (κ3) is 7.82. The third-order valence-electron chi connectivity index (χ3n) is 7.73. The number of hydrogen-bond donors (Lipinski definition) is 0. The van der Waals surface area contributed by atoms with Gasteiger partial charge >= 0.3 is 0 Å². The van der Waals surface area contributed by atoms with Crippen LogP contribution in [0.5, 0.6) is 0 Å². The van der Waals surface area contributed by atoms with Crippen LogP contribution < -0.4 is 0 Å². The molecule has 2 aliphatic rings. The Morgan fingerprint density at radius 1 is 0.733 bits per heavy atom. The lowest BCUT2D eigenvalue weighted by molar-refractivity contribution is 0.282. The lowest BCUT2D eigenvalue weighted by Crippen LogP contribution is -2.15. The number of aryl methyl sites for hydroxylation is 1. The van der Waals surface area contributed by atoms with Gasteiger partial charge in [-0.25, -0.2) is 8.78 Å². The van der Waals surface area contributed by atoms with E-state index in [0.29, 0.717) is 0 Å². The van der Waals surface area contributed by atoms with E-state index in [9.17, 15) is 8.78 Å². The van der Waals surface area contributed by atoms with Gasteiger partial charge in [0.05, 0.1) is 0 Å². The van der Waals surface area contributed by atoms with Crippen LogP contribution in [0, 0.1) is 35.3 Å². The molecule has 0 radical (unpaired) electrons. The lowest BCUT2D eigenvalue weighted by atomic mass is 9.77. The molecule has 0 aliphatic heterocycles. The van der Waals surface area contributed by atoms with Gasteiger partial charge in [-0.15, -0.1) is 0 Å². The maximum Gasteiger partial charge on any atom is 0.159 e. The Labute approximate surface area is 183 Å². The molecule has 0 bridgehead atoms. The highest BCUT2D eigenvalue weighted by molar-refractivity contribution is 5.17. The highest BCUT2D eigenvalue weighted by Crippen LogP contribution is 2.35. The van der Waals surface area contributed by atoms with Crippen molar-refractivity contribution in [1.29, 1.82) is 0 Å². The zero-order valence-electron chi connectivity index (χ0n) is 19.1. The Morgan fingerprint density at radius 2 is 1.33 bits per heavy atom. The summed E-state index contributed by atoms with van der Waals surface area (Å²) in [5.41, 5.74) is 0.928. The van der Waals surface area contributed by atoms with Crippen molar-refractivity contribution in [2.45, 2.75) is 103 Å². The minimum Gasteiger partial charge on any atom is -0.204 e. The first-order valence-corrected chi connectivity index (χ1v) is 12.8. The van der Waals surface area contributed by atoms with Crippen LogP contribution in [0.3, 0.4) is 0 Å². The number of benzene rings is 1. The van der Waals surface area contributed by atoms with E-state index in [2.05, 4.69) is 19.1 Å². The normalized spacial score (nSPS) is 27.6. The number of hydrogen-bond acceptors (Lipinski definition) is 0. The molecule has 0 amide bonds. The summed E-state index contributed by atoms with van der Waals surface area (Å²) in [4.78, 5) is 0. The molecular weight excluding hydrogens is 374 g/mol. The second-order valence-electron chi connectivity index (χ2n) is 10.1. The zero-order valence-corrected chi connectivity index (χ0v) is 19.1. The second kappa shape index (κ2) is 12.6. The Morgan fingerprint density at radius 3 is 1.90 bits per heavy atom. The smallest absolute Gasteiger partial charge is 0.159 e. The van der Waals surface area contributed by atoms with Crippen LogP contribution in [0.2, 0.25) is 0 Å². The van der Waals surface area contributed by atoms with Crippen molar-refractivity contribution in [1.82, 2.24) is 0 Å². The van der Waals surface area contributed by atoms with E-state index in [4.69, 9.17) is 0 Å². The minimum atomic E-state index is -0.744. The average molecular weight is 417 g/mol. The van der Waals surface area contributed by atoms with E-state index in [1.807, 2.05) is 0 Å². The van der Waals surface area contributed by atoms with E-state index in [-0.39, 0.29) is 0 Å². The second-order valence-corrected chi connectivity index (χ2v) is 10.1. The summed E-state index contributed by atoms with van der Waals surface area (Å²) in [6, 6.07) is 4.35. The molecule has 0 unspecified atom stereocenters. The van der Waals surface area contributed by atoms with Gasteiger partial charge in [-0.2, -0.15) is 0 Å². The Hall–Kier alpha value is -1.18. The average Bonchev–Trinajstić information content (AvgIpc) is 2.77. The molecule has 168 valence electrons. The van der Waals surface area contributed by atoms with Crippen LogP contribution in [0.15, 0.2) is 30.4 Å². The van der Waals surface area contributed by atoms with Crippen LogP contribution in [0.25, 0.3) is 0 Å². The Balaban J connectivity index is 1.29. The number of allylic oxidation sites excluding steroid dienone is 2. The van der Waals surface area contributed by atoms with E-state index >= 15 is 0 Å². The summed E-state index contributed by atoms with van der Waals surface area (Å²) in [7, 11) is 0. The Bertz CT molecular complexity index is 634. The van der Waals surface area contributed by atoms with Crippen LogP contribution in [-0.2, 0) is 6.42 Å². The molecule has 0 atom stereocenters. The molecule has 2 aliphatic carbocycles. The topological polar surface area (TPSA) is 0 Å². The predicted octanol–water partition coefficient (Wildman–Crippen LogP) is 9.04. The van der Waals surface area contributed by atoms with Crippen LogP contribution in [0.1, 0.15) is 102 Å². The summed E-state index contributed by atoms with van der Waals surface area (Å²) in [6.07, 6.45) is 25.0. The van der Waals surface area contributed by atoms with Crippen molar-refractivity contribution < 1.29 is 8.78 Å². The first-order valence-electron chi connectivity index (χ1n) is 12.8. The molecule has 30 heavy (non-hydrogen) atoms. The lowest BCUT2D eigenvalue weighted by Gasteiger charge is -2.29. The summed E-state index contributed by atoms with van der Waals surface area (Å²) in [5, 5.41) is 0. The van der Waals surface area contributed by atoms with Gasteiger partial charge in [0.2, 0.25) is 0 Å². The van der Waals surface area contributed by atoms with Gasteiger partial charge in [-0.3, -0.25) is 0 Å². The van der Waals surface area contributed by atoms with E-state index in [1.54, 1.807) is 6.07 Å². The highest BCUT2D eigenvalue weighted by atomic mass is 19.2. The quantitative estimate of drug-likeness (QED) is 0.263. The fourth-order valence-corrected chi connectivity index (χ4v) is 5.58. The SMILES string of the molecule is CCCCCCC1CCC(C=CC2CCC(CCc3ccc(F)c(F)c3)CC2)CC1. The van der Waals surface area contributed by atoms with Crippen molar-refractivity contribution in [2.24, 2.45) is 23.7 Å². The first-order chi connectivity index (χ1) is 14.6. The maximum atomic E-state index is 13.4. The van der Waals surface area contributed by atoms with E-state index in [0.717, 1.165) is 42.1 Å². The number of rotatable bonds is 10. The number of halogens is 2. The molecule has 0 N–H and O–H groups in total. The molecule has 2 saturated carbocycles. The van der Waals surface area contributed by atoms with Gasteiger partial charge < -0.3 is 0 Å². The monoisotopic (exact) mass is 416 g/mol. The molecule has 1 aromatic rings. The first kappa shape index (κ1) is 23.5. The molecule has 0 heterocycles. The Kier molecular flexibility index (Phi) is 9.88. The van der Waals surface area contributed by atoms with Crippen molar-refractivity contribution >= 4 is 0 Å².